The van der Waals surface area contributed by atoms with Gasteiger partial charge in [0.1, 0.15) is 0 Å². The van der Waals surface area contributed by atoms with Gasteiger partial charge in [0, 0.05) is 26.7 Å². The molecule has 1 aliphatic carbocycles. The Morgan fingerprint density at radius 3 is 2.94 bits per heavy atom. The highest BCUT2D eigenvalue weighted by Gasteiger charge is 2.19. The maximum absolute atomic E-state index is 12.1. The summed E-state index contributed by atoms with van der Waals surface area (Å²) in [5.74, 6) is -0.0359. The van der Waals surface area contributed by atoms with Crippen LogP contribution in [-0.2, 0) is 11.8 Å². The number of Topliss-reactive ketones (excluding diaryl/α,β-unsaturated/α-hetero) is 1. The first-order valence-electron chi connectivity index (χ1n) is 5.09. The highest BCUT2D eigenvalue weighted by molar-refractivity contribution is 6.56. The van der Waals surface area contributed by atoms with E-state index in [0.717, 1.165) is 0 Å². The van der Waals surface area contributed by atoms with Crippen LogP contribution >= 0.6 is 0 Å². The normalized spacial score (nSPS) is 18.8. The lowest BCUT2D eigenvalue weighted by atomic mass is 10.0. The lowest BCUT2D eigenvalue weighted by molar-refractivity contribution is -0.108. The zero-order valence-corrected chi connectivity index (χ0v) is 9.34. The molecule has 0 saturated heterocycles. The van der Waals surface area contributed by atoms with E-state index in [-0.39, 0.29) is 5.78 Å². The van der Waals surface area contributed by atoms with Gasteiger partial charge in [-0.25, -0.2) is 0 Å². The SMILES string of the molecule is CN=C1CC=CC=C(c2ccn(C)n2)C1=O. The molecule has 0 aliphatic heterocycles. The van der Waals surface area contributed by atoms with Gasteiger partial charge >= 0.3 is 0 Å². The van der Waals surface area contributed by atoms with Crippen LogP contribution in [0.15, 0.2) is 35.5 Å². The van der Waals surface area contributed by atoms with E-state index in [4.69, 9.17) is 0 Å². The summed E-state index contributed by atoms with van der Waals surface area (Å²) in [6, 6.07) is 1.83. The van der Waals surface area contributed by atoms with Crippen molar-refractivity contribution in [2.24, 2.45) is 12.0 Å². The fourth-order valence-corrected chi connectivity index (χ4v) is 1.62. The number of nitrogens with zero attached hydrogens (tertiary/aromatic N) is 3. The lowest BCUT2D eigenvalue weighted by Crippen LogP contribution is -2.14. The molecule has 4 heteroatoms. The molecule has 0 unspecified atom stereocenters. The number of hydrogen-bond donors (Lipinski definition) is 0. The number of aryl methyl sites for hydroxylation is 1. The monoisotopic (exact) mass is 215 g/mol. The van der Waals surface area contributed by atoms with Crippen molar-refractivity contribution in [1.82, 2.24) is 9.78 Å². The summed E-state index contributed by atoms with van der Waals surface area (Å²) in [5.41, 5.74) is 1.88. The van der Waals surface area contributed by atoms with Gasteiger partial charge in [-0.2, -0.15) is 5.10 Å². The number of ketones is 1. The van der Waals surface area contributed by atoms with E-state index in [1.165, 1.54) is 0 Å². The molecular formula is C12H13N3O. The summed E-state index contributed by atoms with van der Waals surface area (Å²) in [5, 5.41) is 4.23. The van der Waals surface area contributed by atoms with Crippen LogP contribution in [0.5, 0.6) is 0 Å². The molecule has 1 heterocycles. The zero-order valence-electron chi connectivity index (χ0n) is 9.34. The van der Waals surface area contributed by atoms with Gasteiger partial charge in [0.25, 0.3) is 0 Å². The van der Waals surface area contributed by atoms with Crippen molar-refractivity contribution in [2.45, 2.75) is 6.42 Å². The number of allylic oxidation sites excluding steroid dienone is 4. The Kier molecular flexibility index (Phi) is 2.81. The van der Waals surface area contributed by atoms with Crippen molar-refractivity contribution in [1.29, 1.82) is 0 Å². The average molecular weight is 215 g/mol. The fraction of sp³-hybridized carbons (Fsp3) is 0.250. The first-order chi connectivity index (χ1) is 7.72. The summed E-state index contributed by atoms with van der Waals surface area (Å²) in [6.07, 6.45) is 8.00. The highest BCUT2D eigenvalue weighted by atomic mass is 16.1. The van der Waals surface area contributed by atoms with Crippen LogP contribution in [0.3, 0.4) is 0 Å². The van der Waals surface area contributed by atoms with Crippen LogP contribution in [0.1, 0.15) is 12.1 Å². The Labute approximate surface area is 94.0 Å². The molecule has 82 valence electrons. The minimum Gasteiger partial charge on any atom is -0.289 e. The fourth-order valence-electron chi connectivity index (χ4n) is 1.62. The van der Waals surface area contributed by atoms with Gasteiger partial charge in [-0.1, -0.05) is 12.2 Å². The summed E-state index contributed by atoms with van der Waals surface area (Å²) in [6.45, 7) is 0. The quantitative estimate of drug-likeness (QED) is 0.711. The number of rotatable bonds is 1. The topological polar surface area (TPSA) is 47.2 Å². The van der Waals surface area contributed by atoms with Crippen LogP contribution in [0.2, 0.25) is 0 Å². The maximum Gasteiger partial charge on any atom is 0.209 e. The number of aliphatic imine (C=N–C) groups is 1. The molecule has 0 N–H and O–H groups in total. The predicted octanol–water partition coefficient (Wildman–Crippen LogP) is 1.40. The molecule has 0 amide bonds. The van der Waals surface area contributed by atoms with Crippen molar-refractivity contribution in [3.63, 3.8) is 0 Å². The molecule has 2 rings (SSSR count). The van der Waals surface area contributed by atoms with Crippen molar-refractivity contribution in [3.8, 4) is 0 Å². The third-order valence-corrected chi connectivity index (χ3v) is 2.48. The Morgan fingerprint density at radius 1 is 1.50 bits per heavy atom. The van der Waals surface area contributed by atoms with Gasteiger partial charge in [0.15, 0.2) is 0 Å². The molecule has 0 radical (unpaired) electrons. The minimum atomic E-state index is -0.0359. The third-order valence-electron chi connectivity index (χ3n) is 2.48. The molecule has 1 aromatic heterocycles. The van der Waals surface area contributed by atoms with Crippen molar-refractivity contribution in [2.75, 3.05) is 7.05 Å². The summed E-state index contributed by atoms with van der Waals surface area (Å²) < 4.78 is 1.68. The molecule has 0 atom stereocenters. The Hall–Kier alpha value is -1.97. The molecule has 0 aromatic carbocycles. The van der Waals surface area contributed by atoms with Crippen molar-refractivity contribution < 1.29 is 4.79 Å². The molecule has 0 bridgehead atoms. The average Bonchev–Trinajstić information content (AvgIpc) is 2.60. The molecule has 1 aliphatic rings. The summed E-state index contributed by atoms with van der Waals surface area (Å²) in [7, 11) is 3.47. The summed E-state index contributed by atoms with van der Waals surface area (Å²) >= 11 is 0. The van der Waals surface area contributed by atoms with E-state index in [1.54, 1.807) is 17.8 Å². The molecule has 0 fully saturated rings. The minimum absolute atomic E-state index is 0.0359. The third kappa shape index (κ3) is 1.86. The zero-order chi connectivity index (χ0) is 11.5. The van der Waals surface area contributed by atoms with Crippen LogP contribution in [0.4, 0.5) is 0 Å². The number of hydrogen-bond acceptors (Lipinski definition) is 3. The van der Waals surface area contributed by atoms with Crippen molar-refractivity contribution >= 4 is 17.1 Å². The molecule has 4 nitrogen and oxygen atoms in total. The Balaban J connectivity index is 2.43. The van der Waals surface area contributed by atoms with Gasteiger partial charge < -0.3 is 0 Å². The summed E-state index contributed by atoms with van der Waals surface area (Å²) in [4.78, 5) is 16.1. The molecule has 0 saturated carbocycles. The van der Waals surface area contributed by atoms with E-state index >= 15 is 0 Å². The maximum atomic E-state index is 12.1. The van der Waals surface area contributed by atoms with Crippen LogP contribution in [0.25, 0.3) is 5.57 Å². The van der Waals surface area contributed by atoms with Crippen molar-refractivity contribution in [3.05, 3.63) is 36.2 Å². The largest absolute Gasteiger partial charge is 0.289 e. The molecule has 16 heavy (non-hydrogen) atoms. The smallest absolute Gasteiger partial charge is 0.209 e. The number of aromatic nitrogens is 2. The number of carbonyl (C=O) groups is 1. The van der Waals surface area contributed by atoms with E-state index in [2.05, 4.69) is 10.1 Å². The van der Waals surface area contributed by atoms with E-state index in [0.29, 0.717) is 23.4 Å². The standard InChI is InChI=1S/C12H13N3O/c1-13-11-6-4-3-5-9(12(11)16)10-7-8-15(2)14-10/h3-5,7-8H,6H2,1-2H3. The first-order valence-corrected chi connectivity index (χ1v) is 5.09. The Morgan fingerprint density at radius 2 is 2.31 bits per heavy atom. The second-order valence-electron chi connectivity index (χ2n) is 3.59. The van der Waals surface area contributed by atoms with Gasteiger partial charge in [-0.05, 0) is 12.1 Å². The second kappa shape index (κ2) is 4.26. The first kappa shape index (κ1) is 10.5. The van der Waals surface area contributed by atoms with Gasteiger partial charge in [0.05, 0.1) is 17.0 Å². The molecule has 1 aromatic rings. The Bertz CT molecular complexity index is 506. The number of carbonyl (C=O) groups excluding carboxylic acids is 1. The van der Waals surface area contributed by atoms with E-state index < -0.39 is 0 Å². The van der Waals surface area contributed by atoms with Gasteiger partial charge in [-0.15, -0.1) is 0 Å². The van der Waals surface area contributed by atoms with Gasteiger partial charge in [-0.3, -0.25) is 14.5 Å². The van der Waals surface area contributed by atoms with E-state index in [1.807, 2.05) is 31.5 Å². The van der Waals surface area contributed by atoms with Gasteiger partial charge in [0.2, 0.25) is 5.78 Å². The van der Waals surface area contributed by atoms with Crippen LogP contribution in [0, 0.1) is 0 Å². The van der Waals surface area contributed by atoms with E-state index in [9.17, 15) is 4.79 Å². The van der Waals surface area contributed by atoms with Crippen LogP contribution in [-0.4, -0.2) is 28.3 Å². The second-order valence-corrected chi connectivity index (χ2v) is 3.59. The molecular weight excluding hydrogens is 202 g/mol. The highest BCUT2D eigenvalue weighted by Crippen LogP contribution is 2.17. The predicted molar refractivity (Wildman–Crippen MR) is 63.3 cm³/mol. The lowest BCUT2D eigenvalue weighted by Gasteiger charge is -2.02. The van der Waals surface area contributed by atoms with Crippen LogP contribution < -0.4 is 0 Å². The molecule has 0 spiro atoms.